The Morgan fingerprint density at radius 2 is 1.50 bits per heavy atom. The van der Waals surface area contributed by atoms with Gasteiger partial charge in [0, 0.05) is 0 Å². The summed E-state index contributed by atoms with van der Waals surface area (Å²) in [5, 5.41) is 0. The van der Waals surface area contributed by atoms with Crippen molar-refractivity contribution in [3.05, 3.63) is 37.1 Å². The summed E-state index contributed by atoms with van der Waals surface area (Å²) in [5.74, 6) is 5.67. The second kappa shape index (κ2) is 8.70. The molecular weight excluding hydrogens is 240 g/mol. The molecular formula is C20H32. The molecule has 2 aliphatic carbocycles. The van der Waals surface area contributed by atoms with Crippen LogP contribution in [-0.2, 0) is 0 Å². The van der Waals surface area contributed by atoms with Crippen molar-refractivity contribution in [3.8, 4) is 0 Å². The van der Waals surface area contributed by atoms with Gasteiger partial charge in [-0.3, -0.25) is 0 Å². The first-order valence-corrected chi connectivity index (χ1v) is 8.73. The van der Waals surface area contributed by atoms with Crippen molar-refractivity contribution in [3.63, 3.8) is 0 Å². The van der Waals surface area contributed by atoms with E-state index in [1.54, 1.807) is 5.92 Å². The van der Waals surface area contributed by atoms with Gasteiger partial charge in [0.15, 0.2) is 0 Å². The van der Waals surface area contributed by atoms with E-state index in [4.69, 9.17) is 0 Å². The summed E-state index contributed by atoms with van der Waals surface area (Å²) in [4.78, 5) is 0. The van der Waals surface area contributed by atoms with E-state index in [0.29, 0.717) is 0 Å². The van der Waals surface area contributed by atoms with Gasteiger partial charge in [-0.15, -0.1) is 13.2 Å². The molecule has 0 nitrogen and oxygen atoms in total. The Morgan fingerprint density at radius 3 is 2.10 bits per heavy atom. The van der Waals surface area contributed by atoms with Crippen LogP contribution in [-0.4, -0.2) is 0 Å². The minimum atomic E-state index is 0.961. The molecule has 0 unspecified atom stereocenters. The molecule has 0 N–H and O–H groups in total. The normalized spacial score (nSPS) is 23.8. The lowest BCUT2D eigenvalue weighted by Gasteiger charge is -2.37. The Hall–Kier alpha value is -0.520. The van der Waals surface area contributed by atoms with E-state index < -0.39 is 0 Å². The predicted octanol–water partition coefficient (Wildman–Crippen LogP) is 6.45. The smallest absolute Gasteiger partial charge is 0.0210 e. The Labute approximate surface area is 126 Å². The van der Waals surface area contributed by atoms with E-state index in [-0.39, 0.29) is 0 Å². The molecule has 0 heteroatoms. The van der Waals surface area contributed by atoms with Crippen molar-refractivity contribution in [2.45, 2.75) is 77.0 Å². The molecule has 2 aliphatic rings. The second-order valence-corrected chi connectivity index (χ2v) is 6.82. The van der Waals surface area contributed by atoms with Crippen LogP contribution in [0.4, 0.5) is 0 Å². The zero-order chi connectivity index (χ0) is 14.2. The molecule has 0 aromatic rings. The summed E-state index contributed by atoms with van der Waals surface area (Å²) in [6.45, 7) is 7.69. The van der Waals surface area contributed by atoms with Crippen LogP contribution in [0.15, 0.2) is 25.3 Å². The molecule has 0 aliphatic heterocycles. The maximum absolute atomic E-state index is 3.85. The molecule has 0 aromatic carbocycles. The molecule has 0 saturated heterocycles. The zero-order valence-corrected chi connectivity index (χ0v) is 13.2. The summed E-state index contributed by atoms with van der Waals surface area (Å²) < 4.78 is 0. The Balaban J connectivity index is 1.65. The lowest BCUT2D eigenvalue weighted by molar-refractivity contribution is 0.283. The predicted molar refractivity (Wildman–Crippen MR) is 89.3 cm³/mol. The lowest BCUT2D eigenvalue weighted by Crippen LogP contribution is -2.23. The topological polar surface area (TPSA) is 0 Å². The highest BCUT2D eigenvalue weighted by Gasteiger charge is 2.30. The molecule has 2 rings (SSSR count). The van der Waals surface area contributed by atoms with Crippen LogP contribution in [0.2, 0.25) is 0 Å². The van der Waals surface area contributed by atoms with E-state index in [2.05, 4.69) is 25.3 Å². The maximum Gasteiger partial charge on any atom is -0.0210 e. The van der Waals surface area contributed by atoms with Gasteiger partial charge >= 0.3 is 0 Å². The molecule has 0 aromatic heterocycles. The first kappa shape index (κ1) is 15.9. The van der Waals surface area contributed by atoms with Gasteiger partial charge in [-0.05, 0) is 101 Å². The average molecular weight is 272 g/mol. The highest BCUT2D eigenvalue weighted by molar-refractivity contribution is 5.06. The van der Waals surface area contributed by atoms with Gasteiger partial charge in [-0.1, -0.05) is 12.2 Å². The minimum absolute atomic E-state index is 0.961. The van der Waals surface area contributed by atoms with E-state index in [0.717, 1.165) is 11.8 Å². The summed E-state index contributed by atoms with van der Waals surface area (Å²) in [7, 11) is 0. The molecule has 20 heavy (non-hydrogen) atoms. The summed E-state index contributed by atoms with van der Waals surface area (Å²) in [6, 6.07) is 0. The van der Waals surface area contributed by atoms with Crippen LogP contribution in [0, 0.1) is 23.7 Å². The molecule has 0 amide bonds. The van der Waals surface area contributed by atoms with Gasteiger partial charge in [-0.25, -0.2) is 0 Å². The number of rotatable bonds is 7. The third-order valence-electron chi connectivity index (χ3n) is 5.50. The average Bonchev–Trinajstić information content (AvgIpc) is 2.52. The standard InChI is InChI=1S/C20H32/c1-3-5-7-17-9-13-19(14-10-17)20-15-11-18(12-16-20)8-6-4-2/h3-4,17,20H,1-2,5-16H2. The lowest BCUT2D eigenvalue weighted by atomic mass is 9.68. The molecule has 0 heterocycles. The van der Waals surface area contributed by atoms with E-state index >= 15 is 0 Å². The fourth-order valence-electron chi connectivity index (χ4n) is 4.09. The highest BCUT2D eigenvalue weighted by atomic mass is 14.4. The van der Waals surface area contributed by atoms with E-state index in [1.807, 2.05) is 5.92 Å². The van der Waals surface area contributed by atoms with Crippen molar-refractivity contribution in [1.29, 1.82) is 0 Å². The molecule has 0 spiro atoms. The minimum Gasteiger partial charge on any atom is -0.103 e. The van der Waals surface area contributed by atoms with Gasteiger partial charge in [0.1, 0.15) is 0 Å². The van der Waals surface area contributed by atoms with Gasteiger partial charge < -0.3 is 0 Å². The van der Waals surface area contributed by atoms with Gasteiger partial charge in [0.2, 0.25) is 0 Å². The number of allylic oxidation sites excluding steroid dienone is 2. The van der Waals surface area contributed by atoms with Crippen LogP contribution in [0.25, 0.3) is 0 Å². The van der Waals surface area contributed by atoms with Gasteiger partial charge in [0.05, 0.1) is 0 Å². The number of hydrogen-bond donors (Lipinski definition) is 0. The van der Waals surface area contributed by atoms with Crippen molar-refractivity contribution in [2.75, 3.05) is 0 Å². The van der Waals surface area contributed by atoms with Crippen molar-refractivity contribution >= 4 is 0 Å². The van der Waals surface area contributed by atoms with E-state index in [1.165, 1.54) is 77.0 Å². The van der Waals surface area contributed by atoms with Gasteiger partial charge in [0.25, 0.3) is 0 Å². The summed E-state index contributed by atoms with van der Waals surface area (Å²) in [5.41, 5.74) is 0. The molecule has 0 bridgehead atoms. The zero-order valence-electron chi connectivity index (χ0n) is 13.2. The first-order valence-electron chi connectivity index (χ1n) is 8.73. The second-order valence-electron chi connectivity index (χ2n) is 6.82. The van der Waals surface area contributed by atoms with Crippen molar-refractivity contribution in [2.24, 2.45) is 11.8 Å². The SMILES string of the molecule is C=CCC[C]1CCC([C]2CCC(CCC=C)CC2)CC1. The molecule has 112 valence electrons. The molecule has 2 radical (unpaired) electrons. The summed E-state index contributed by atoms with van der Waals surface area (Å²) in [6.07, 6.45) is 20.6. The highest BCUT2D eigenvalue weighted by Crippen LogP contribution is 2.44. The third kappa shape index (κ3) is 4.79. The van der Waals surface area contributed by atoms with Gasteiger partial charge in [-0.2, -0.15) is 0 Å². The molecule has 0 atom stereocenters. The van der Waals surface area contributed by atoms with E-state index in [9.17, 15) is 0 Å². The van der Waals surface area contributed by atoms with Crippen LogP contribution in [0.5, 0.6) is 0 Å². The van der Waals surface area contributed by atoms with Crippen LogP contribution >= 0.6 is 0 Å². The molecule has 2 saturated carbocycles. The van der Waals surface area contributed by atoms with Crippen LogP contribution in [0.1, 0.15) is 77.0 Å². The van der Waals surface area contributed by atoms with Crippen LogP contribution in [0.3, 0.4) is 0 Å². The fourth-order valence-corrected chi connectivity index (χ4v) is 4.09. The van der Waals surface area contributed by atoms with Crippen molar-refractivity contribution in [1.82, 2.24) is 0 Å². The summed E-state index contributed by atoms with van der Waals surface area (Å²) >= 11 is 0. The first-order chi connectivity index (χ1) is 9.83. The Kier molecular flexibility index (Phi) is 6.90. The Morgan fingerprint density at radius 1 is 0.850 bits per heavy atom. The fraction of sp³-hybridized carbons (Fsp3) is 0.700. The Bertz CT molecular complexity index is 244. The quantitative estimate of drug-likeness (QED) is 0.467. The molecule has 2 fully saturated rings. The van der Waals surface area contributed by atoms with Crippen molar-refractivity contribution < 1.29 is 0 Å². The van der Waals surface area contributed by atoms with Crippen LogP contribution < -0.4 is 0 Å². The third-order valence-corrected chi connectivity index (χ3v) is 5.50. The number of hydrogen-bond acceptors (Lipinski definition) is 0. The maximum atomic E-state index is 3.85. The monoisotopic (exact) mass is 272 g/mol. The largest absolute Gasteiger partial charge is 0.103 e.